The summed E-state index contributed by atoms with van der Waals surface area (Å²) in [6, 6.07) is 0. The number of rotatable bonds is 18. The minimum atomic E-state index is -0.826. The Bertz CT molecular complexity index is 317. The second kappa shape index (κ2) is 16.7. The first-order valence-corrected chi connectivity index (χ1v) is 12.7. The molecule has 0 spiro atoms. The van der Waals surface area contributed by atoms with Crippen LogP contribution in [0.5, 0.6) is 0 Å². The van der Waals surface area contributed by atoms with Gasteiger partial charge in [-0.05, 0) is 44.4 Å². The van der Waals surface area contributed by atoms with Gasteiger partial charge < -0.3 is 14.2 Å². The third kappa shape index (κ3) is 9.59. The zero-order chi connectivity index (χ0) is 20.5. The Kier molecular flexibility index (Phi) is 15.4. The predicted molar refractivity (Wildman–Crippen MR) is 120 cm³/mol. The minimum Gasteiger partial charge on any atom is -0.327 e. The smallest absolute Gasteiger partial charge is 0.286 e. The first-order valence-electron chi connectivity index (χ1n) is 12.7. The van der Waals surface area contributed by atoms with Gasteiger partial charge in [-0.25, -0.2) is 0 Å². The topological polar surface area (TPSA) is 27.7 Å². The van der Waals surface area contributed by atoms with Gasteiger partial charge in [0, 0.05) is 5.92 Å². The average Bonchev–Trinajstić information content (AvgIpc) is 2.74. The van der Waals surface area contributed by atoms with Crippen molar-refractivity contribution in [3.8, 4) is 0 Å². The molecule has 0 aromatic carbocycles. The van der Waals surface area contributed by atoms with E-state index in [0.717, 1.165) is 19.3 Å². The highest BCUT2D eigenvalue weighted by atomic mass is 16.9. The maximum absolute atomic E-state index is 6.45. The largest absolute Gasteiger partial charge is 0.327 e. The molecule has 1 saturated carbocycles. The van der Waals surface area contributed by atoms with Gasteiger partial charge in [-0.3, -0.25) is 0 Å². The van der Waals surface area contributed by atoms with E-state index in [1.54, 1.807) is 0 Å². The molecule has 3 nitrogen and oxygen atoms in total. The van der Waals surface area contributed by atoms with Gasteiger partial charge in [0.1, 0.15) is 0 Å². The van der Waals surface area contributed by atoms with Gasteiger partial charge in [-0.1, -0.05) is 85.5 Å². The number of hydrogen-bond donors (Lipinski definition) is 0. The highest BCUT2D eigenvalue weighted by Gasteiger charge is 2.46. The number of unbranched alkanes of at least 4 members (excludes halogenated alkanes) is 5. The monoisotopic (exact) mass is 398 g/mol. The Morgan fingerprint density at radius 2 is 1.14 bits per heavy atom. The lowest BCUT2D eigenvalue weighted by Gasteiger charge is -2.44. The van der Waals surface area contributed by atoms with Crippen LogP contribution < -0.4 is 0 Å². The summed E-state index contributed by atoms with van der Waals surface area (Å²) in [6.07, 6.45) is 18.9. The van der Waals surface area contributed by atoms with Crippen LogP contribution in [0, 0.1) is 11.8 Å². The fourth-order valence-electron chi connectivity index (χ4n) is 4.56. The minimum absolute atomic E-state index is 0.364. The summed E-state index contributed by atoms with van der Waals surface area (Å²) in [6.45, 7) is 11.0. The Morgan fingerprint density at radius 3 is 1.64 bits per heavy atom. The standard InChI is InChI=1S/C25H50O3/c1-5-9-10-11-12-16-19-24(23-17-14-13-15-18-23)25(26-20-6-2,27-21-7-3)28-22-8-4/h23-24H,5-22H2,1-4H3. The summed E-state index contributed by atoms with van der Waals surface area (Å²) in [4.78, 5) is 0. The number of hydrogen-bond acceptors (Lipinski definition) is 3. The van der Waals surface area contributed by atoms with Gasteiger partial charge in [0.15, 0.2) is 0 Å². The molecule has 0 aromatic rings. The van der Waals surface area contributed by atoms with Gasteiger partial charge in [0.05, 0.1) is 19.8 Å². The highest BCUT2D eigenvalue weighted by Crippen LogP contribution is 2.42. The number of ether oxygens (including phenoxy) is 3. The molecule has 1 fully saturated rings. The van der Waals surface area contributed by atoms with E-state index in [1.807, 2.05) is 0 Å². The summed E-state index contributed by atoms with van der Waals surface area (Å²) in [5.41, 5.74) is 0. The van der Waals surface area contributed by atoms with Crippen molar-refractivity contribution in [2.75, 3.05) is 19.8 Å². The molecular formula is C25H50O3. The molecule has 1 unspecified atom stereocenters. The van der Waals surface area contributed by atoms with Crippen molar-refractivity contribution >= 4 is 0 Å². The molecule has 0 amide bonds. The van der Waals surface area contributed by atoms with Crippen LogP contribution in [-0.2, 0) is 14.2 Å². The molecule has 0 aromatic heterocycles. The van der Waals surface area contributed by atoms with Crippen molar-refractivity contribution in [2.24, 2.45) is 11.8 Å². The summed E-state index contributed by atoms with van der Waals surface area (Å²) < 4.78 is 19.3. The third-order valence-corrected chi connectivity index (χ3v) is 6.06. The predicted octanol–water partition coefficient (Wildman–Crippen LogP) is 7.87. The van der Waals surface area contributed by atoms with Crippen LogP contribution in [0.25, 0.3) is 0 Å². The van der Waals surface area contributed by atoms with Crippen molar-refractivity contribution < 1.29 is 14.2 Å². The molecule has 1 atom stereocenters. The molecule has 1 rings (SSSR count). The van der Waals surface area contributed by atoms with E-state index in [-0.39, 0.29) is 0 Å². The van der Waals surface area contributed by atoms with Crippen molar-refractivity contribution in [2.45, 2.75) is 130 Å². The fraction of sp³-hybridized carbons (Fsp3) is 1.00. The van der Waals surface area contributed by atoms with E-state index >= 15 is 0 Å². The van der Waals surface area contributed by atoms with E-state index < -0.39 is 5.97 Å². The zero-order valence-electron chi connectivity index (χ0n) is 19.6. The van der Waals surface area contributed by atoms with Gasteiger partial charge in [-0.15, -0.1) is 0 Å². The molecule has 0 aliphatic heterocycles. The van der Waals surface area contributed by atoms with Crippen LogP contribution in [0.2, 0.25) is 0 Å². The Labute approximate surface area is 176 Å². The summed E-state index contributed by atoms with van der Waals surface area (Å²) in [7, 11) is 0. The maximum atomic E-state index is 6.45. The molecule has 28 heavy (non-hydrogen) atoms. The second-order valence-corrected chi connectivity index (χ2v) is 8.71. The molecule has 0 heterocycles. The van der Waals surface area contributed by atoms with Crippen LogP contribution in [0.4, 0.5) is 0 Å². The van der Waals surface area contributed by atoms with E-state index in [9.17, 15) is 0 Å². The van der Waals surface area contributed by atoms with Crippen LogP contribution in [-0.4, -0.2) is 25.8 Å². The molecule has 0 bridgehead atoms. The first-order chi connectivity index (χ1) is 13.7. The molecule has 0 saturated heterocycles. The van der Waals surface area contributed by atoms with Gasteiger partial charge in [0.25, 0.3) is 5.97 Å². The maximum Gasteiger partial charge on any atom is 0.286 e. The molecule has 3 heteroatoms. The molecular weight excluding hydrogens is 348 g/mol. The first kappa shape index (κ1) is 25.9. The van der Waals surface area contributed by atoms with Crippen molar-refractivity contribution in [3.63, 3.8) is 0 Å². The summed E-state index contributed by atoms with van der Waals surface area (Å²) >= 11 is 0. The van der Waals surface area contributed by atoms with Gasteiger partial charge in [-0.2, -0.15) is 0 Å². The molecule has 1 aliphatic rings. The zero-order valence-corrected chi connectivity index (χ0v) is 19.6. The lowest BCUT2D eigenvalue weighted by molar-refractivity contribution is -0.412. The second-order valence-electron chi connectivity index (χ2n) is 8.71. The van der Waals surface area contributed by atoms with Gasteiger partial charge in [0.2, 0.25) is 0 Å². The fourth-order valence-corrected chi connectivity index (χ4v) is 4.56. The van der Waals surface area contributed by atoms with Crippen molar-refractivity contribution in [1.29, 1.82) is 0 Å². The Hall–Kier alpha value is -0.120. The van der Waals surface area contributed by atoms with Crippen LogP contribution >= 0.6 is 0 Å². The SMILES string of the molecule is CCCCCCCCC(C1CCCCC1)C(OCCC)(OCCC)OCCC. The molecule has 0 radical (unpaired) electrons. The van der Waals surface area contributed by atoms with Crippen molar-refractivity contribution in [3.05, 3.63) is 0 Å². The van der Waals surface area contributed by atoms with E-state index in [1.165, 1.54) is 77.0 Å². The average molecular weight is 399 g/mol. The Balaban J connectivity index is 2.90. The van der Waals surface area contributed by atoms with Gasteiger partial charge >= 0.3 is 0 Å². The van der Waals surface area contributed by atoms with Crippen LogP contribution in [0.15, 0.2) is 0 Å². The quantitative estimate of drug-likeness (QED) is 0.174. The molecule has 168 valence electrons. The highest BCUT2D eigenvalue weighted by molar-refractivity contribution is 4.82. The summed E-state index contributed by atoms with van der Waals surface area (Å²) in [5.74, 6) is 0.214. The molecule has 1 aliphatic carbocycles. The van der Waals surface area contributed by atoms with Crippen LogP contribution in [0.3, 0.4) is 0 Å². The van der Waals surface area contributed by atoms with E-state index in [0.29, 0.717) is 31.7 Å². The lowest BCUT2D eigenvalue weighted by atomic mass is 9.76. The normalized spacial score (nSPS) is 17.1. The van der Waals surface area contributed by atoms with E-state index in [2.05, 4.69) is 27.7 Å². The van der Waals surface area contributed by atoms with Crippen LogP contribution in [0.1, 0.15) is 124 Å². The lowest BCUT2D eigenvalue weighted by Crippen LogP contribution is -2.50. The summed E-state index contributed by atoms with van der Waals surface area (Å²) in [5, 5.41) is 0. The molecule has 0 N–H and O–H groups in total. The van der Waals surface area contributed by atoms with Crippen molar-refractivity contribution in [1.82, 2.24) is 0 Å². The Morgan fingerprint density at radius 1 is 0.643 bits per heavy atom. The third-order valence-electron chi connectivity index (χ3n) is 6.06. The van der Waals surface area contributed by atoms with E-state index in [4.69, 9.17) is 14.2 Å².